The normalized spacial score (nSPS) is 22.5. The van der Waals surface area contributed by atoms with Gasteiger partial charge in [-0.2, -0.15) is 0 Å². The first kappa shape index (κ1) is 32.0. The third kappa shape index (κ3) is 7.63. The molecule has 0 saturated carbocycles. The molecule has 0 spiro atoms. The van der Waals surface area contributed by atoms with Crippen LogP contribution in [0.1, 0.15) is 63.5 Å². The summed E-state index contributed by atoms with van der Waals surface area (Å²) >= 11 is 0. The van der Waals surface area contributed by atoms with E-state index in [2.05, 4.69) is 0 Å². The number of hydroxylamine groups is 4. The van der Waals surface area contributed by atoms with Crippen molar-refractivity contribution >= 4 is 35.6 Å². The van der Waals surface area contributed by atoms with Gasteiger partial charge >= 0.3 is 11.9 Å². The van der Waals surface area contributed by atoms with Crippen molar-refractivity contribution in [3.05, 3.63) is 71.8 Å². The summed E-state index contributed by atoms with van der Waals surface area (Å²) < 4.78 is 12.6. The quantitative estimate of drug-likeness (QED) is 0.324. The molecule has 3 fully saturated rings. The van der Waals surface area contributed by atoms with Crippen LogP contribution < -0.4 is 0 Å². The van der Waals surface area contributed by atoms with Crippen molar-refractivity contribution in [1.82, 2.24) is 10.1 Å². The van der Waals surface area contributed by atoms with Crippen molar-refractivity contribution in [3.63, 3.8) is 0 Å². The Kier molecular flexibility index (Phi) is 9.74. The molecule has 3 saturated heterocycles. The predicted octanol–water partition coefficient (Wildman–Crippen LogP) is 3.22. The first-order valence-electron chi connectivity index (χ1n) is 15.1. The number of benzene rings is 2. The zero-order valence-corrected chi connectivity index (χ0v) is 25.2. The smallest absolute Gasteiger partial charge is 0.338 e. The molecule has 0 unspecified atom stereocenters. The van der Waals surface area contributed by atoms with Gasteiger partial charge in [-0.1, -0.05) is 60.7 Å². The summed E-state index contributed by atoms with van der Waals surface area (Å²) in [5.41, 5.74) is 1.84. The van der Waals surface area contributed by atoms with Crippen molar-refractivity contribution in [2.45, 2.75) is 83.2 Å². The monoisotopic (exact) mass is 620 g/mol. The number of carbonyl (C=O) groups excluding carboxylic acids is 6. The van der Waals surface area contributed by atoms with Crippen molar-refractivity contribution in [2.24, 2.45) is 11.8 Å². The van der Waals surface area contributed by atoms with Crippen LogP contribution in [-0.2, 0) is 60.8 Å². The molecule has 5 rings (SSSR count). The lowest BCUT2D eigenvalue weighted by Gasteiger charge is -2.30. The van der Waals surface area contributed by atoms with Gasteiger partial charge in [0.15, 0.2) is 5.79 Å². The van der Waals surface area contributed by atoms with Crippen molar-refractivity contribution < 1.29 is 47.9 Å². The fourth-order valence-electron chi connectivity index (χ4n) is 5.84. The van der Waals surface area contributed by atoms with Gasteiger partial charge in [0, 0.05) is 25.7 Å². The Morgan fingerprint density at radius 1 is 0.667 bits per heavy atom. The average molecular weight is 621 g/mol. The maximum Gasteiger partial charge on any atom is 0.338 e. The molecular formula is C33H36N2O10. The van der Waals surface area contributed by atoms with Crippen LogP contribution in [0.2, 0.25) is 0 Å². The van der Waals surface area contributed by atoms with Crippen LogP contribution in [0.15, 0.2) is 60.7 Å². The first-order valence-corrected chi connectivity index (χ1v) is 15.1. The molecular weight excluding hydrogens is 584 g/mol. The van der Waals surface area contributed by atoms with Crippen LogP contribution in [0.3, 0.4) is 0 Å². The highest BCUT2D eigenvalue weighted by atomic mass is 16.8. The number of imide groups is 2. The Morgan fingerprint density at radius 3 is 1.33 bits per heavy atom. The minimum atomic E-state index is -1.26. The molecule has 12 nitrogen and oxygen atoms in total. The minimum Gasteiger partial charge on any atom is -0.344 e. The van der Waals surface area contributed by atoms with Gasteiger partial charge in [0.25, 0.3) is 23.6 Å². The van der Waals surface area contributed by atoms with E-state index in [0.717, 1.165) is 11.1 Å². The largest absolute Gasteiger partial charge is 0.344 e. The van der Waals surface area contributed by atoms with Gasteiger partial charge in [-0.15, -0.1) is 10.1 Å². The molecule has 3 heterocycles. The summed E-state index contributed by atoms with van der Waals surface area (Å²) in [5, 5.41) is 0.971. The molecule has 0 bridgehead atoms. The van der Waals surface area contributed by atoms with Crippen LogP contribution >= 0.6 is 0 Å². The lowest BCUT2D eigenvalue weighted by molar-refractivity contribution is -0.206. The molecule has 238 valence electrons. The van der Waals surface area contributed by atoms with E-state index in [4.69, 9.17) is 19.1 Å². The SMILES string of the molecule is CC1(C)O[C@@H]([C@@H](CCc2ccccc2)C(=O)ON2C(=O)CCC2=O)[C@@H]([C@@H](CCc2ccccc2)C(=O)ON2C(=O)CCC2=O)O1. The second-order valence-electron chi connectivity index (χ2n) is 11.8. The van der Waals surface area contributed by atoms with E-state index in [-0.39, 0.29) is 38.5 Å². The van der Waals surface area contributed by atoms with Gasteiger partial charge in [0.05, 0.1) is 11.8 Å². The number of ether oxygens (including phenoxy) is 2. The second-order valence-corrected chi connectivity index (χ2v) is 11.8. The number of hydrogen-bond donors (Lipinski definition) is 0. The summed E-state index contributed by atoms with van der Waals surface area (Å²) in [4.78, 5) is 87.5. The van der Waals surface area contributed by atoms with Crippen molar-refractivity contribution in [2.75, 3.05) is 0 Å². The standard InChI is InChI=1S/C33H36N2O10/c1-33(2)42-29(23(15-13-21-9-5-3-6-10-21)31(40)44-34-25(36)17-18-26(34)37)30(43-33)24(16-14-22-11-7-4-8-12-22)32(41)45-35-27(38)19-20-28(35)39/h3-12,23-24,29-30H,13-20H2,1-2H3/t23-,24-,29-,30+/m1/s1. The van der Waals surface area contributed by atoms with Crippen LogP contribution in [0, 0.1) is 11.8 Å². The summed E-state index contributed by atoms with van der Waals surface area (Å²) in [6, 6.07) is 18.8. The fourth-order valence-corrected chi connectivity index (χ4v) is 5.84. The summed E-state index contributed by atoms with van der Waals surface area (Å²) in [6.07, 6.45) is -1.28. The maximum atomic E-state index is 13.8. The lowest BCUT2D eigenvalue weighted by Crippen LogP contribution is -2.47. The van der Waals surface area contributed by atoms with Crippen LogP contribution in [0.4, 0.5) is 0 Å². The Morgan fingerprint density at radius 2 is 1.00 bits per heavy atom. The molecule has 4 atom stereocenters. The first-order chi connectivity index (χ1) is 21.5. The average Bonchev–Trinajstić information content (AvgIpc) is 3.63. The number of aryl methyl sites for hydroxylation is 2. The summed E-state index contributed by atoms with van der Waals surface area (Å²) in [7, 11) is 0. The van der Waals surface area contributed by atoms with Gasteiger partial charge in [0.1, 0.15) is 12.2 Å². The molecule has 3 aliphatic heterocycles. The number of amides is 4. The molecule has 45 heavy (non-hydrogen) atoms. The molecule has 2 aromatic rings. The van der Waals surface area contributed by atoms with E-state index in [9.17, 15) is 28.8 Å². The van der Waals surface area contributed by atoms with Gasteiger partial charge in [-0.3, -0.25) is 19.2 Å². The molecule has 2 aromatic carbocycles. The van der Waals surface area contributed by atoms with E-state index < -0.39 is 65.4 Å². The predicted molar refractivity (Wildman–Crippen MR) is 155 cm³/mol. The summed E-state index contributed by atoms with van der Waals surface area (Å²) in [6.45, 7) is 3.28. The van der Waals surface area contributed by atoms with Gasteiger partial charge in [0.2, 0.25) is 0 Å². The molecule has 4 amide bonds. The maximum absolute atomic E-state index is 13.8. The molecule has 0 aliphatic carbocycles. The number of nitrogens with zero attached hydrogens (tertiary/aromatic N) is 2. The number of carbonyl (C=O) groups is 6. The highest BCUT2D eigenvalue weighted by molar-refractivity contribution is 6.02. The van der Waals surface area contributed by atoms with E-state index in [1.165, 1.54) is 0 Å². The van der Waals surface area contributed by atoms with E-state index in [1.54, 1.807) is 13.8 Å². The second kappa shape index (κ2) is 13.7. The molecule has 0 radical (unpaired) electrons. The van der Waals surface area contributed by atoms with E-state index >= 15 is 0 Å². The van der Waals surface area contributed by atoms with Gasteiger partial charge in [-0.05, 0) is 50.7 Å². The van der Waals surface area contributed by atoms with Crippen LogP contribution in [0.5, 0.6) is 0 Å². The zero-order valence-electron chi connectivity index (χ0n) is 25.2. The fraction of sp³-hybridized carbons (Fsp3) is 0.455. The number of hydrogen-bond acceptors (Lipinski definition) is 10. The Bertz CT molecular complexity index is 1300. The van der Waals surface area contributed by atoms with Gasteiger partial charge in [-0.25, -0.2) is 9.59 Å². The van der Waals surface area contributed by atoms with Crippen LogP contribution in [0.25, 0.3) is 0 Å². The number of rotatable bonds is 12. The Hall–Kier alpha value is -4.42. The molecule has 0 N–H and O–H groups in total. The Balaban J connectivity index is 1.46. The van der Waals surface area contributed by atoms with Crippen molar-refractivity contribution in [3.8, 4) is 0 Å². The third-order valence-corrected chi connectivity index (χ3v) is 8.11. The highest BCUT2D eigenvalue weighted by Gasteiger charge is 2.54. The highest BCUT2D eigenvalue weighted by Crippen LogP contribution is 2.40. The van der Waals surface area contributed by atoms with Gasteiger partial charge < -0.3 is 19.1 Å². The van der Waals surface area contributed by atoms with E-state index in [0.29, 0.717) is 23.0 Å². The third-order valence-electron chi connectivity index (χ3n) is 8.11. The van der Waals surface area contributed by atoms with Crippen molar-refractivity contribution in [1.29, 1.82) is 0 Å². The van der Waals surface area contributed by atoms with Crippen LogP contribution in [-0.4, -0.2) is 63.7 Å². The summed E-state index contributed by atoms with van der Waals surface area (Å²) in [5.74, 6) is -7.69. The zero-order chi connectivity index (χ0) is 32.1. The molecule has 3 aliphatic rings. The lowest BCUT2D eigenvalue weighted by atomic mass is 9.84. The minimum absolute atomic E-state index is 0.0686. The van der Waals surface area contributed by atoms with E-state index in [1.807, 2.05) is 60.7 Å². The molecule has 0 aromatic heterocycles. The topological polar surface area (TPSA) is 146 Å². The Labute approximate surface area is 260 Å². The molecule has 12 heteroatoms.